The molecular formula is C22H24ClN3O2. The molecule has 0 aliphatic heterocycles. The zero-order valence-corrected chi connectivity index (χ0v) is 17.0. The van der Waals surface area contributed by atoms with E-state index >= 15 is 0 Å². The van der Waals surface area contributed by atoms with Gasteiger partial charge in [0.25, 0.3) is 0 Å². The van der Waals surface area contributed by atoms with Crippen LogP contribution in [0.25, 0.3) is 0 Å². The number of benzene rings is 2. The highest BCUT2D eigenvalue weighted by atomic mass is 35.5. The molecule has 0 saturated carbocycles. The van der Waals surface area contributed by atoms with E-state index in [1.807, 2.05) is 65.3 Å². The average Bonchev–Trinajstić information content (AvgIpc) is 3.04. The molecule has 0 atom stereocenters. The second-order valence-corrected chi connectivity index (χ2v) is 7.52. The van der Waals surface area contributed by atoms with Gasteiger partial charge in [0.15, 0.2) is 5.78 Å². The topological polar surface area (TPSA) is 56.1 Å². The molecule has 0 fully saturated rings. The van der Waals surface area contributed by atoms with Crippen molar-refractivity contribution in [1.82, 2.24) is 9.78 Å². The van der Waals surface area contributed by atoms with Gasteiger partial charge in [0.05, 0.1) is 18.8 Å². The van der Waals surface area contributed by atoms with Crippen LogP contribution in [0.2, 0.25) is 5.02 Å². The maximum atomic E-state index is 11.7. The van der Waals surface area contributed by atoms with Gasteiger partial charge in [-0.2, -0.15) is 5.10 Å². The molecule has 0 bridgehead atoms. The Bertz CT molecular complexity index is 951. The number of para-hydroxylation sites is 1. The molecular weight excluding hydrogens is 374 g/mol. The molecule has 1 N–H and O–H groups in total. The zero-order chi connectivity index (χ0) is 20.1. The number of carbonyl (C=O) groups is 1. The molecule has 1 aromatic heterocycles. The first-order valence-electron chi connectivity index (χ1n) is 9.12. The van der Waals surface area contributed by atoms with Crippen molar-refractivity contribution in [3.05, 3.63) is 76.9 Å². The van der Waals surface area contributed by atoms with E-state index in [4.69, 9.17) is 16.3 Å². The van der Waals surface area contributed by atoms with Gasteiger partial charge in [0.2, 0.25) is 0 Å². The quantitative estimate of drug-likeness (QED) is 0.566. The predicted molar refractivity (Wildman–Crippen MR) is 112 cm³/mol. The number of hydrogen-bond donors (Lipinski definition) is 1. The first-order chi connectivity index (χ1) is 13.3. The number of ketones is 1. The Labute approximate surface area is 170 Å². The minimum atomic E-state index is -0.848. The summed E-state index contributed by atoms with van der Waals surface area (Å²) < 4.78 is 7.65. The van der Waals surface area contributed by atoms with Crippen LogP contribution in [0.1, 0.15) is 32.0 Å². The van der Waals surface area contributed by atoms with Gasteiger partial charge in [-0.05, 0) is 44.5 Å². The molecule has 146 valence electrons. The predicted octanol–water partition coefficient (Wildman–Crippen LogP) is 5.21. The highest BCUT2D eigenvalue weighted by Crippen LogP contribution is 2.23. The summed E-state index contributed by atoms with van der Waals surface area (Å²) in [6, 6.07) is 19.5. The molecule has 1 heterocycles. The van der Waals surface area contributed by atoms with E-state index in [1.54, 1.807) is 13.8 Å². The number of anilines is 2. The van der Waals surface area contributed by atoms with E-state index in [-0.39, 0.29) is 12.4 Å². The molecule has 0 spiro atoms. The highest BCUT2D eigenvalue weighted by molar-refractivity contribution is 6.31. The van der Waals surface area contributed by atoms with E-state index < -0.39 is 5.60 Å². The largest absolute Gasteiger partial charge is 0.361 e. The molecule has 0 unspecified atom stereocenters. The number of halogens is 1. The van der Waals surface area contributed by atoms with Crippen LogP contribution in [-0.4, -0.2) is 21.2 Å². The van der Waals surface area contributed by atoms with Crippen molar-refractivity contribution in [2.45, 2.75) is 39.5 Å². The maximum absolute atomic E-state index is 11.7. The number of ether oxygens (including phenoxy) is 1. The Morgan fingerprint density at radius 2 is 1.82 bits per heavy atom. The van der Waals surface area contributed by atoms with Crippen LogP contribution in [0, 0.1) is 0 Å². The smallest absolute Gasteiger partial charge is 0.161 e. The van der Waals surface area contributed by atoms with Crippen molar-refractivity contribution in [1.29, 1.82) is 0 Å². The minimum absolute atomic E-state index is 0.0226. The molecule has 0 aliphatic carbocycles. The monoisotopic (exact) mass is 397 g/mol. The van der Waals surface area contributed by atoms with Gasteiger partial charge in [-0.3, -0.25) is 4.79 Å². The van der Waals surface area contributed by atoms with E-state index in [2.05, 4.69) is 10.4 Å². The summed E-state index contributed by atoms with van der Waals surface area (Å²) in [5.41, 5.74) is 1.82. The molecule has 3 aromatic rings. The van der Waals surface area contributed by atoms with Crippen molar-refractivity contribution in [3.8, 4) is 0 Å². The van der Waals surface area contributed by atoms with Gasteiger partial charge in [-0.15, -0.1) is 0 Å². The lowest BCUT2D eigenvalue weighted by molar-refractivity contribution is -0.139. The zero-order valence-electron chi connectivity index (χ0n) is 16.3. The Morgan fingerprint density at radius 3 is 2.50 bits per heavy atom. The Morgan fingerprint density at radius 1 is 1.14 bits per heavy atom. The molecule has 0 aliphatic rings. The number of hydrogen-bond acceptors (Lipinski definition) is 4. The number of Topliss-reactive ketones (excluding diaryl/α,β-unsaturated/α-hetero) is 1. The van der Waals surface area contributed by atoms with Gasteiger partial charge in [0, 0.05) is 16.8 Å². The summed E-state index contributed by atoms with van der Waals surface area (Å²) in [6.07, 6.45) is 0. The lowest BCUT2D eigenvalue weighted by Gasteiger charge is -2.21. The van der Waals surface area contributed by atoms with Crippen LogP contribution in [0.3, 0.4) is 0 Å². The minimum Gasteiger partial charge on any atom is -0.361 e. The normalized spacial score (nSPS) is 11.4. The van der Waals surface area contributed by atoms with E-state index in [0.29, 0.717) is 11.6 Å². The Hall–Kier alpha value is -2.63. The lowest BCUT2D eigenvalue weighted by atomic mass is 10.1. The third kappa shape index (κ3) is 5.00. The molecule has 0 saturated heterocycles. The second-order valence-electron chi connectivity index (χ2n) is 7.12. The summed E-state index contributed by atoms with van der Waals surface area (Å²) in [5, 5.41) is 8.75. The SMILES string of the molecule is CC(=O)C(C)(C)OCc1cc(Nc2ccccc2)n(Cc2ccccc2Cl)n1. The maximum Gasteiger partial charge on any atom is 0.161 e. The van der Waals surface area contributed by atoms with E-state index in [1.165, 1.54) is 6.92 Å². The van der Waals surface area contributed by atoms with Gasteiger partial charge in [-0.1, -0.05) is 48.0 Å². The molecule has 0 radical (unpaired) electrons. The van der Waals surface area contributed by atoms with Gasteiger partial charge < -0.3 is 10.1 Å². The molecule has 6 heteroatoms. The van der Waals surface area contributed by atoms with Crippen molar-refractivity contribution < 1.29 is 9.53 Å². The summed E-state index contributed by atoms with van der Waals surface area (Å²) in [5.74, 6) is 0.802. The van der Waals surface area contributed by atoms with Crippen LogP contribution < -0.4 is 5.32 Å². The fraction of sp³-hybridized carbons (Fsp3) is 0.273. The third-order valence-electron chi connectivity index (χ3n) is 4.58. The van der Waals surface area contributed by atoms with Crippen molar-refractivity contribution in [2.75, 3.05) is 5.32 Å². The van der Waals surface area contributed by atoms with Crippen LogP contribution in [0.5, 0.6) is 0 Å². The molecule has 28 heavy (non-hydrogen) atoms. The number of aromatic nitrogens is 2. The highest BCUT2D eigenvalue weighted by Gasteiger charge is 2.25. The third-order valence-corrected chi connectivity index (χ3v) is 4.95. The lowest BCUT2D eigenvalue weighted by Crippen LogP contribution is -2.32. The first kappa shape index (κ1) is 20.1. The molecule has 0 amide bonds. The standard InChI is InChI=1S/C22H24ClN3O2/c1-16(27)22(2,3)28-15-19-13-21(24-18-10-5-4-6-11-18)26(25-19)14-17-9-7-8-12-20(17)23/h4-13,24H,14-15H2,1-3H3. The van der Waals surface area contributed by atoms with E-state index in [9.17, 15) is 4.79 Å². The summed E-state index contributed by atoms with van der Waals surface area (Å²) >= 11 is 6.33. The van der Waals surface area contributed by atoms with Crippen molar-refractivity contribution in [3.63, 3.8) is 0 Å². The van der Waals surface area contributed by atoms with E-state index in [0.717, 1.165) is 22.8 Å². The number of rotatable bonds is 8. The number of carbonyl (C=O) groups excluding carboxylic acids is 1. The fourth-order valence-electron chi connectivity index (χ4n) is 2.58. The Kier molecular flexibility index (Phi) is 6.17. The van der Waals surface area contributed by atoms with Gasteiger partial charge in [0.1, 0.15) is 11.4 Å². The van der Waals surface area contributed by atoms with Crippen LogP contribution in [0.15, 0.2) is 60.7 Å². The van der Waals surface area contributed by atoms with Gasteiger partial charge in [-0.25, -0.2) is 4.68 Å². The summed E-state index contributed by atoms with van der Waals surface area (Å²) in [6.45, 7) is 5.81. The van der Waals surface area contributed by atoms with Crippen LogP contribution >= 0.6 is 11.6 Å². The second kappa shape index (κ2) is 8.59. The van der Waals surface area contributed by atoms with Crippen LogP contribution in [-0.2, 0) is 22.7 Å². The summed E-state index contributed by atoms with van der Waals surface area (Å²) in [4.78, 5) is 11.7. The summed E-state index contributed by atoms with van der Waals surface area (Å²) in [7, 11) is 0. The first-order valence-corrected chi connectivity index (χ1v) is 9.50. The van der Waals surface area contributed by atoms with Crippen molar-refractivity contribution >= 4 is 28.9 Å². The van der Waals surface area contributed by atoms with Gasteiger partial charge >= 0.3 is 0 Å². The average molecular weight is 398 g/mol. The molecule has 3 rings (SSSR count). The number of nitrogens with one attached hydrogen (secondary N) is 1. The fourth-order valence-corrected chi connectivity index (χ4v) is 2.77. The molecule has 2 aromatic carbocycles. The number of nitrogens with zero attached hydrogens (tertiary/aromatic N) is 2. The Balaban J connectivity index is 1.86. The van der Waals surface area contributed by atoms with Crippen LogP contribution in [0.4, 0.5) is 11.5 Å². The van der Waals surface area contributed by atoms with Crippen molar-refractivity contribution in [2.24, 2.45) is 0 Å². The molecule has 5 nitrogen and oxygen atoms in total.